The number of hydrogen-bond donors (Lipinski definition) is 2. The normalized spacial score (nSPS) is 12.1. The summed E-state index contributed by atoms with van der Waals surface area (Å²) in [6.45, 7) is 3.84. The predicted molar refractivity (Wildman–Crippen MR) is 143 cm³/mol. The van der Waals surface area contributed by atoms with E-state index in [4.69, 9.17) is 4.74 Å². The number of sulfonamides is 1. The smallest absolute Gasteiger partial charge is 0.322 e. The standard InChI is InChI=1S/C29H26F2N2O5S/c1-3-4-11-38-24-6-8-25(9-7-24)39(36,37)32-27(29(34)35)15-21-18-33(28-10-5-19(2)12-26(21)28)17-20-13-22(30)16-23(31)14-20/h5-10,12-14,16,18,27,32H,11,15,17H2,1-2H3,(H,34,35)/t27-/m0/s1. The molecule has 0 aliphatic carbocycles. The largest absolute Gasteiger partial charge is 0.481 e. The number of nitrogens with zero attached hydrogens (tertiary/aromatic N) is 1. The van der Waals surface area contributed by atoms with Crippen LogP contribution in [0.2, 0.25) is 0 Å². The number of rotatable bonds is 10. The van der Waals surface area contributed by atoms with Crippen molar-refractivity contribution in [3.05, 3.63) is 95.2 Å². The molecule has 4 aromatic rings. The summed E-state index contributed by atoms with van der Waals surface area (Å²) in [5.41, 5.74) is 2.59. The molecule has 2 N–H and O–H groups in total. The summed E-state index contributed by atoms with van der Waals surface area (Å²) in [7, 11) is -4.18. The maximum atomic E-state index is 13.8. The molecule has 0 bridgehead atoms. The molecule has 0 saturated heterocycles. The van der Waals surface area contributed by atoms with Crippen molar-refractivity contribution >= 4 is 26.9 Å². The first-order chi connectivity index (χ1) is 18.6. The molecule has 4 rings (SSSR count). The summed E-state index contributed by atoms with van der Waals surface area (Å²) in [5.74, 6) is 3.10. The Morgan fingerprint density at radius 1 is 1.08 bits per heavy atom. The van der Waals surface area contributed by atoms with E-state index in [1.54, 1.807) is 17.7 Å². The molecule has 1 atom stereocenters. The molecular weight excluding hydrogens is 526 g/mol. The van der Waals surface area contributed by atoms with Crippen LogP contribution in [-0.4, -0.2) is 36.7 Å². The number of aliphatic carboxylic acids is 1. The molecule has 0 fully saturated rings. The van der Waals surface area contributed by atoms with Crippen LogP contribution in [0.15, 0.2) is 71.8 Å². The van der Waals surface area contributed by atoms with Gasteiger partial charge in [-0.15, -0.1) is 5.92 Å². The van der Waals surface area contributed by atoms with Gasteiger partial charge in [0.05, 0.1) is 4.90 Å². The lowest BCUT2D eigenvalue weighted by Gasteiger charge is -2.15. The van der Waals surface area contributed by atoms with Gasteiger partial charge in [-0.25, -0.2) is 17.2 Å². The highest BCUT2D eigenvalue weighted by Crippen LogP contribution is 2.26. The first-order valence-corrected chi connectivity index (χ1v) is 13.4. The summed E-state index contributed by atoms with van der Waals surface area (Å²) in [5, 5.41) is 10.6. The van der Waals surface area contributed by atoms with Crippen LogP contribution in [-0.2, 0) is 27.8 Å². The van der Waals surface area contributed by atoms with Crippen molar-refractivity contribution in [1.82, 2.24) is 9.29 Å². The van der Waals surface area contributed by atoms with E-state index < -0.39 is 33.7 Å². The average Bonchev–Trinajstić information content (AvgIpc) is 3.19. The fraction of sp³-hybridized carbons (Fsp3) is 0.207. The van der Waals surface area contributed by atoms with Crippen molar-refractivity contribution in [3.63, 3.8) is 0 Å². The average molecular weight is 553 g/mol. The fourth-order valence-corrected chi connectivity index (χ4v) is 5.43. The third-order valence-electron chi connectivity index (χ3n) is 6.04. The molecule has 0 aliphatic heterocycles. The van der Waals surface area contributed by atoms with Crippen LogP contribution in [0.5, 0.6) is 5.75 Å². The second-order valence-electron chi connectivity index (χ2n) is 8.98. The van der Waals surface area contributed by atoms with Gasteiger partial charge in [0.15, 0.2) is 0 Å². The summed E-state index contributed by atoms with van der Waals surface area (Å²) >= 11 is 0. The van der Waals surface area contributed by atoms with Gasteiger partial charge in [-0.1, -0.05) is 17.6 Å². The van der Waals surface area contributed by atoms with Gasteiger partial charge < -0.3 is 14.4 Å². The number of carboxylic acid groups (broad SMARTS) is 1. The summed E-state index contributed by atoms with van der Waals surface area (Å²) in [6.07, 6.45) is 1.53. The Bertz CT molecular complexity index is 1670. The Kier molecular flexibility index (Phi) is 8.33. The Labute approximate surface area is 225 Å². The predicted octanol–water partition coefficient (Wildman–Crippen LogP) is 4.65. The van der Waals surface area contributed by atoms with E-state index in [1.165, 1.54) is 36.4 Å². The summed E-state index contributed by atoms with van der Waals surface area (Å²) in [4.78, 5) is 12.0. The van der Waals surface area contributed by atoms with Crippen LogP contribution in [0, 0.1) is 30.4 Å². The Morgan fingerprint density at radius 3 is 2.41 bits per heavy atom. The third-order valence-corrected chi connectivity index (χ3v) is 7.52. The molecule has 0 radical (unpaired) electrons. The maximum Gasteiger partial charge on any atom is 0.322 e. The zero-order valence-electron chi connectivity index (χ0n) is 21.2. The number of ether oxygens (including phenoxy) is 1. The highest BCUT2D eigenvalue weighted by molar-refractivity contribution is 7.89. The van der Waals surface area contributed by atoms with Crippen molar-refractivity contribution in [1.29, 1.82) is 0 Å². The molecule has 39 heavy (non-hydrogen) atoms. The van der Waals surface area contributed by atoms with E-state index in [9.17, 15) is 27.1 Å². The van der Waals surface area contributed by atoms with Gasteiger partial charge in [0.25, 0.3) is 0 Å². The molecule has 1 heterocycles. The number of fused-ring (bicyclic) bond motifs is 1. The second-order valence-corrected chi connectivity index (χ2v) is 10.7. The fourth-order valence-electron chi connectivity index (χ4n) is 4.24. The van der Waals surface area contributed by atoms with Crippen molar-refractivity contribution in [2.75, 3.05) is 6.61 Å². The number of halogens is 2. The molecule has 0 unspecified atom stereocenters. The SMILES string of the molecule is CC#CCOc1ccc(S(=O)(=O)N[C@@H](Cc2cn(Cc3cc(F)cc(F)c3)c3ccc(C)cc23)C(=O)O)cc1. The van der Waals surface area contributed by atoms with Crippen LogP contribution < -0.4 is 9.46 Å². The Hall–Kier alpha value is -4.20. The number of carboxylic acids is 1. The molecule has 7 nitrogen and oxygen atoms in total. The van der Waals surface area contributed by atoms with E-state index in [0.717, 1.165) is 17.1 Å². The minimum absolute atomic E-state index is 0.117. The molecular formula is C29H26F2N2O5S. The van der Waals surface area contributed by atoms with Gasteiger partial charge in [0.2, 0.25) is 10.0 Å². The van der Waals surface area contributed by atoms with Crippen LogP contribution >= 0.6 is 0 Å². The highest BCUT2D eigenvalue weighted by Gasteiger charge is 2.27. The molecule has 202 valence electrons. The maximum absolute atomic E-state index is 13.8. The van der Waals surface area contributed by atoms with Gasteiger partial charge in [0, 0.05) is 36.1 Å². The topological polar surface area (TPSA) is 97.6 Å². The number of carbonyl (C=O) groups is 1. The van der Waals surface area contributed by atoms with Gasteiger partial charge in [-0.2, -0.15) is 4.72 Å². The molecule has 1 aromatic heterocycles. The summed E-state index contributed by atoms with van der Waals surface area (Å²) < 4.78 is 63.0. The van der Waals surface area contributed by atoms with Gasteiger partial charge >= 0.3 is 5.97 Å². The zero-order valence-corrected chi connectivity index (χ0v) is 22.1. The first-order valence-electron chi connectivity index (χ1n) is 12.0. The number of nitrogens with one attached hydrogen (secondary N) is 1. The number of aromatic nitrogens is 1. The third kappa shape index (κ3) is 6.82. The van der Waals surface area contributed by atoms with Crippen LogP contribution in [0.3, 0.4) is 0 Å². The van der Waals surface area contributed by atoms with Gasteiger partial charge in [-0.3, -0.25) is 4.79 Å². The lowest BCUT2D eigenvalue weighted by atomic mass is 10.0. The van der Waals surface area contributed by atoms with Gasteiger partial charge in [0.1, 0.15) is 30.0 Å². The highest BCUT2D eigenvalue weighted by atomic mass is 32.2. The number of benzene rings is 3. The van der Waals surface area contributed by atoms with E-state index in [2.05, 4.69) is 16.6 Å². The minimum Gasteiger partial charge on any atom is -0.481 e. The lowest BCUT2D eigenvalue weighted by molar-refractivity contribution is -0.138. The molecule has 0 amide bonds. The van der Waals surface area contributed by atoms with Crippen molar-refractivity contribution in [2.24, 2.45) is 0 Å². The van der Waals surface area contributed by atoms with E-state index in [0.29, 0.717) is 22.3 Å². The molecule has 0 spiro atoms. The van der Waals surface area contributed by atoms with E-state index in [-0.39, 0.29) is 24.5 Å². The quantitative estimate of drug-likeness (QED) is 0.279. The van der Waals surface area contributed by atoms with Crippen LogP contribution in [0.25, 0.3) is 10.9 Å². The molecule has 10 heteroatoms. The Morgan fingerprint density at radius 2 is 1.77 bits per heavy atom. The van der Waals surface area contributed by atoms with Crippen molar-refractivity contribution in [3.8, 4) is 17.6 Å². The molecule has 3 aromatic carbocycles. The number of aryl methyl sites for hydroxylation is 1. The Balaban J connectivity index is 1.61. The molecule has 0 aliphatic rings. The summed E-state index contributed by atoms with van der Waals surface area (Å²) in [6, 6.07) is 12.9. The van der Waals surface area contributed by atoms with E-state index in [1.807, 2.05) is 25.1 Å². The van der Waals surface area contributed by atoms with Crippen LogP contribution in [0.1, 0.15) is 23.6 Å². The van der Waals surface area contributed by atoms with Crippen LogP contribution in [0.4, 0.5) is 8.78 Å². The van der Waals surface area contributed by atoms with Crippen molar-refractivity contribution in [2.45, 2.75) is 37.8 Å². The first kappa shape index (κ1) is 27.8. The molecule has 0 saturated carbocycles. The van der Waals surface area contributed by atoms with E-state index >= 15 is 0 Å². The van der Waals surface area contributed by atoms with Gasteiger partial charge in [-0.05, 0) is 73.5 Å². The lowest BCUT2D eigenvalue weighted by Crippen LogP contribution is -2.42. The zero-order chi connectivity index (χ0) is 28.2. The second kappa shape index (κ2) is 11.7. The van der Waals surface area contributed by atoms with Crippen molar-refractivity contribution < 1.29 is 31.8 Å². The number of hydrogen-bond acceptors (Lipinski definition) is 4. The minimum atomic E-state index is -4.18. The monoisotopic (exact) mass is 552 g/mol.